The summed E-state index contributed by atoms with van der Waals surface area (Å²) in [7, 11) is 0. The molecule has 0 aliphatic rings. The number of amides is 1. The molecule has 3 rings (SSSR count). The maximum atomic E-state index is 12.9. The number of carbonyl (C=O) groups excluding carboxylic acids is 1. The first-order chi connectivity index (χ1) is 11.7. The molecule has 3 aromatic rings. The fourth-order valence-electron chi connectivity index (χ4n) is 2.11. The zero-order valence-electron chi connectivity index (χ0n) is 12.8. The van der Waals surface area contributed by atoms with E-state index < -0.39 is 0 Å². The van der Waals surface area contributed by atoms with Crippen LogP contribution in [0.15, 0.2) is 72.9 Å². The molecule has 4 nitrogen and oxygen atoms in total. The lowest BCUT2D eigenvalue weighted by atomic mass is 10.2. The van der Waals surface area contributed by atoms with Gasteiger partial charge in [-0.05, 0) is 48.0 Å². The number of aromatic nitrogens is 1. The van der Waals surface area contributed by atoms with Gasteiger partial charge >= 0.3 is 0 Å². The highest BCUT2D eigenvalue weighted by molar-refractivity contribution is 5.94. The molecular formula is C19H15FN2O2. The number of rotatable bonds is 5. The summed E-state index contributed by atoms with van der Waals surface area (Å²) in [6.07, 6.45) is 1.62. The van der Waals surface area contributed by atoms with Crippen LogP contribution in [0.3, 0.4) is 0 Å². The van der Waals surface area contributed by atoms with Gasteiger partial charge in [-0.25, -0.2) is 9.37 Å². The summed E-state index contributed by atoms with van der Waals surface area (Å²) in [6.45, 7) is 0.323. The summed E-state index contributed by atoms with van der Waals surface area (Å²) in [5.41, 5.74) is 1.26. The van der Waals surface area contributed by atoms with Crippen molar-refractivity contribution in [3.05, 3.63) is 89.9 Å². The van der Waals surface area contributed by atoms with Crippen molar-refractivity contribution in [2.75, 3.05) is 0 Å². The van der Waals surface area contributed by atoms with Gasteiger partial charge in [0.05, 0.1) is 0 Å². The summed E-state index contributed by atoms with van der Waals surface area (Å²) in [5.74, 6) is 0.507. The molecule has 1 heterocycles. The monoisotopic (exact) mass is 322 g/mol. The van der Waals surface area contributed by atoms with Crippen LogP contribution in [0.2, 0.25) is 0 Å². The third-order valence-electron chi connectivity index (χ3n) is 3.32. The predicted octanol–water partition coefficient (Wildman–Crippen LogP) is 3.94. The van der Waals surface area contributed by atoms with Crippen molar-refractivity contribution in [2.45, 2.75) is 6.54 Å². The Morgan fingerprint density at radius 1 is 1.04 bits per heavy atom. The Morgan fingerprint density at radius 2 is 1.79 bits per heavy atom. The van der Waals surface area contributed by atoms with Crippen molar-refractivity contribution in [3.8, 4) is 11.6 Å². The van der Waals surface area contributed by atoms with Crippen molar-refractivity contribution >= 4 is 5.91 Å². The zero-order chi connectivity index (χ0) is 16.8. The van der Waals surface area contributed by atoms with Crippen LogP contribution in [-0.4, -0.2) is 10.9 Å². The number of nitrogens with zero attached hydrogens (tertiary/aromatic N) is 1. The Labute approximate surface area is 138 Å². The van der Waals surface area contributed by atoms with Gasteiger partial charge in [0.2, 0.25) is 5.88 Å². The molecule has 24 heavy (non-hydrogen) atoms. The minimum absolute atomic E-state index is 0.266. The van der Waals surface area contributed by atoms with Gasteiger partial charge in [0.25, 0.3) is 5.91 Å². The largest absolute Gasteiger partial charge is 0.439 e. The number of carbonyl (C=O) groups is 1. The van der Waals surface area contributed by atoms with Gasteiger partial charge in [-0.3, -0.25) is 4.79 Å². The van der Waals surface area contributed by atoms with E-state index >= 15 is 0 Å². The topological polar surface area (TPSA) is 51.2 Å². The molecule has 0 atom stereocenters. The van der Waals surface area contributed by atoms with Gasteiger partial charge in [-0.2, -0.15) is 0 Å². The van der Waals surface area contributed by atoms with E-state index in [0.29, 0.717) is 23.7 Å². The molecule has 0 aliphatic heterocycles. The van der Waals surface area contributed by atoms with Gasteiger partial charge in [0.1, 0.15) is 11.6 Å². The lowest BCUT2D eigenvalue weighted by molar-refractivity contribution is 0.0951. The zero-order valence-corrected chi connectivity index (χ0v) is 12.8. The molecule has 0 unspecified atom stereocenters. The molecule has 120 valence electrons. The summed E-state index contributed by atoms with van der Waals surface area (Å²) in [6, 6.07) is 18.3. The van der Waals surface area contributed by atoms with Crippen molar-refractivity contribution < 1.29 is 13.9 Å². The van der Waals surface area contributed by atoms with Crippen LogP contribution in [0.25, 0.3) is 0 Å². The van der Waals surface area contributed by atoms with Crippen molar-refractivity contribution in [3.63, 3.8) is 0 Å². The third-order valence-corrected chi connectivity index (χ3v) is 3.32. The van der Waals surface area contributed by atoms with Gasteiger partial charge in [-0.15, -0.1) is 0 Å². The number of hydrogen-bond donors (Lipinski definition) is 1. The molecule has 0 radical (unpaired) electrons. The molecule has 5 heteroatoms. The van der Waals surface area contributed by atoms with E-state index in [1.807, 2.05) is 30.3 Å². The molecule has 0 saturated carbocycles. The quantitative estimate of drug-likeness (QED) is 0.774. The van der Waals surface area contributed by atoms with Crippen molar-refractivity contribution in [1.29, 1.82) is 0 Å². The molecule has 1 aromatic heterocycles. The summed E-state index contributed by atoms with van der Waals surface area (Å²) >= 11 is 0. The second-order valence-corrected chi connectivity index (χ2v) is 5.11. The Hall–Kier alpha value is -3.21. The Balaban J connectivity index is 1.62. The van der Waals surface area contributed by atoms with Crippen LogP contribution in [0.5, 0.6) is 11.6 Å². The second kappa shape index (κ2) is 7.37. The van der Waals surface area contributed by atoms with E-state index in [1.54, 1.807) is 18.3 Å². The summed E-state index contributed by atoms with van der Waals surface area (Å²) in [5, 5.41) is 2.78. The standard InChI is InChI=1S/C19H15FN2O2/c20-16-8-6-15(7-9-16)19(23)22-13-14-10-11-21-18(12-14)24-17-4-2-1-3-5-17/h1-12H,13H2,(H,22,23). The number of para-hydroxylation sites is 1. The molecule has 0 fully saturated rings. The first kappa shape index (κ1) is 15.7. The Kier molecular flexibility index (Phi) is 4.81. The van der Waals surface area contributed by atoms with E-state index in [-0.39, 0.29) is 11.7 Å². The first-order valence-corrected chi connectivity index (χ1v) is 7.42. The van der Waals surface area contributed by atoms with Crippen molar-refractivity contribution in [1.82, 2.24) is 10.3 Å². The van der Waals surface area contributed by atoms with E-state index in [4.69, 9.17) is 4.74 Å². The minimum Gasteiger partial charge on any atom is -0.439 e. The molecular weight excluding hydrogens is 307 g/mol. The molecule has 1 N–H and O–H groups in total. The van der Waals surface area contributed by atoms with Gasteiger partial charge in [0.15, 0.2) is 0 Å². The maximum absolute atomic E-state index is 12.9. The SMILES string of the molecule is O=C(NCc1ccnc(Oc2ccccc2)c1)c1ccc(F)cc1. The molecule has 0 spiro atoms. The smallest absolute Gasteiger partial charge is 0.251 e. The van der Waals surface area contributed by atoms with E-state index in [2.05, 4.69) is 10.3 Å². The number of benzene rings is 2. The van der Waals surface area contributed by atoms with E-state index in [1.165, 1.54) is 24.3 Å². The van der Waals surface area contributed by atoms with E-state index in [9.17, 15) is 9.18 Å². The van der Waals surface area contributed by atoms with E-state index in [0.717, 1.165) is 5.56 Å². The molecule has 0 aliphatic carbocycles. The second-order valence-electron chi connectivity index (χ2n) is 5.11. The van der Waals surface area contributed by atoms with Crippen LogP contribution >= 0.6 is 0 Å². The average molecular weight is 322 g/mol. The molecule has 0 bridgehead atoms. The van der Waals surface area contributed by atoms with Crippen LogP contribution in [0.4, 0.5) is 4.39 Å². The maximum Gasteiger partial charge on any atom is 0.251 e. The molecule has 1 amide bonds. The number of nitrogens with one attached hydrogen (secondary N) is 1. The highest BCUT2D eigenvalue weighted by Gasteiger charge is 2.06. The summed E-state index contributed by atoms with van der Waals surface area (Å²) < 4.78 is 18.5. The van der Waals surface area contributed by atoms with Gasteiger partial charge < -0.3 is 10.1 Å². The number of ether oxygens (including phenoxy) is 1. The van der Waals surface area contributed by atoms with Crippen LogP contribution < -0.4 is 10.1 Å². The van der Waals surface area contributed by atoms with Gasteiger partial charge in [-0.1, -0.05) is 18.2 Å². The number of hydrogen-bond acceptors (Lipinski definition) is 3. The fourth-order valence-corrected chi connectivity index (χ4v) is 2.11. The third kappa shape index (κ3) is 4.16. The van der Waals surface area contributed by atoms with Crippen LogP contribution in [0.1, 0.15) is 15.9 Å². The van der Waals surface area contributed by atoms with Crippen molar-refractivity contribution in [2.24, 2.45) is 0 Å². The van der Waals surface area contributed by atoms with Gasteiger partial charge in [0, 0.05) is 24.4 Å². The first-order valence-electron chi connectivity index (χ1n) is 7.42. The van der Waals surface area contributed by atoms with Crippen LogP contribution in [-0.2, 0) is 6.54 Å². The average Bonchev–Trinajstić information content (AvgIpc) is 2.61. The fraction of sp³-hybridized carbons (Fsp3) is 0.0526. The highest BCUT2D eigenvalue weighted by Crippen LogP contribution is 2.19. The predicted molar refractivity (Wildman–Crippen MR) is 88.3 cm³/mol. The Morgan fingerprint density at radius 3 is 2.54 bits per heavy atom. The highest BCUT2D eigenvalue weighted by atomic mass is 19.1. The Bertz CT molecular complexity index is 820. The molecule has 0 saturated heterocycles. The molecule has 2 aromatic carbocycles. The normalized spacial score (nSPS) is 10.2. The number of pyridine rings is 1. The lowest BCUT2D eigenvalue weighted by Gasteiger charge is -2.08. The van der Waals surface area contributed by atoms with Crippen LogP contribution in [0, 0.1) is 5.82 Å². The minimum atomic E-state index is -0.372. The number of halogens is 1. The summed E-state index contributed by atoms with van der Waals surface area (Å²) in [4.78, 5) is 16.2. The lowest BCUT2D eigenvalue weighted by Crippen LogP contribution is -2.22.